The number of nitro groups is 2. The summed E-state index contributed by atoms with van der Waals surface area (Å²) in [5.74, 6) is -7.64. The van der Waals surface area contributed by atoms with Crippen LogP contribution in [-0.2, 0) is 0 Å². The molecule has 0 aromatic heterocycles. The molecule has 0 unspecified atom stereocenters. The van der Waals surface area contributed by atoms with E-state index in [0.29, 0.717) is 0 Å². The average molecular weight is 254 g/mol. The Morgan fingerprint density at radius 3 is 1.12 bits per heavy atom. The van der Waals surface area contributed by atoms with Gasteiger partial charge in [-0.2, -0.15) is 8.78 Å². The van der Waals surface area contributed by atoms with Gasteiger partial charge in [0.05, 0.1) is 0 Å². The van der Waals surface area contributed by atoms with Crippen molar-refractivity contribution in [1.82, 2.24) is 0 Å². The van der Waals surface area contributed by atoms with Gasteiger partial charge in [0.2, 0.25) is 0 Å². The topological polar surface area (TPSA) is 86.3 Å². The average Bonchev–Trinajstić information content (AvgIpc) is 2.14. The van der Waals surface area contributed by atoms with Crippen LogP contribution in [0.15, 0.2) is 11.7 Å². The standard InChI is InChI=1S/C4F6N2O4/c5-1(3(7,8)11(13)14)2(6)4(9,10)12(15)16. The van der Waals surface area contributed by atoms with E-state index in [1.54, 1.807) is 0 Å². The molecule has 92 valence electrons. The molecule has 0 aliphatic carbocycles. The monoisotopic (exact) mass is 254 g/mol. The third kappa shape index (κ3) is 2.20. The van der Waals surface area contributed by atoms with Crippen LogP contribution in [0.5, 0.6) is 0 Å². The Bertz CT molecular complexity index is 332. The van der Waals surface area contributed by atoms with Crippen molar-refractivity contribution in [3.05, 3.63) is 31.9 Å². The fourth-order valence-electron chi connectivity index (χ4n) is 0.424. The zero-order chi connectivity index (χ0) is 13.3. The van der Waals surface area contributed by atoms with Crippen LogP contribution >= 0.6 is 0 Å². The molecule has 0 aromatic carbocycles. The highest BCUT2D eigenvalue weighted by Crippen LogP contribution is 2.36. The zero-order valence-electron chi connectivity index (χ0n) is 6.80. The fraction of sp³-hybridized carbons (Fsp3) is 0.500. The van der Waals surface area contributed by atoms with Crippen molar-refractivity contribution < 1.29 is 36.2 Å². The van der Waals surface area contributed by atoms with E-state index in [2.05, 4.69) is 0 Å². The minimum Gasteiger partial charge on any atom is -0.259 e. The van der Waals surface area contributed by atoms with E-state index in [0.717, 1.165) is 0 Å². The lowest BCUT2D eigenvalue weighted by molar-refractivity contribution is -0.643. The highest BCUT2D eigenvalue weighted by atomic mass is 19.3. The molecule has 0 bridgehead atoms. The van der Waals surface area contributed by atoms with Crippen molar-refractivity contribution in [3.8, 4) is 0 Å². The smallest absolute Gasteiger partial charge is 0.259 e. The van der Waals surface area contributed by atoms with Crippen molar-refractivity contribution in [2.24, 2.45) is 0 Å². The highest BCUT2D eigenvalue weighted by molar-refractivity contribution is 5.10. The Kier molecular flexibility index (Phi) is 3.48. The van der Waals surface area contributed by atoms with Crippen molar-refractivity contribution in [2.75, 3.05) is 0 Å². The lowest BCUT2D eigenvalue weighted by Gasteiger charge is -2.08. The summed E-state index contributed by atoms with van der Waals surface area (Å²) in [6, 6.07) is -11.6. The predicted molar refractivity (Wildman–Crippen MR) is 33.1 cm³/mol. The van der Waals surface area contributed by atoms with Gasteiger partial charge in [-0.05, 0) is 0 Å². The summed E-state index contributed by atoms with van der Waals surface area (Å²) < 4.78 is 72.6. The largest absolute Gasteiger partial charge is 0.569 e. The summed E-state index contributed by atoms with van der Waals surface area (Å²) in [6.07, 6.45) is 0. The van der Waals surface area contributed by atoms with E-state index < -0.39 is 33.6 Å². The van der Waals surface area contributed by atoms with Gasteiger partial charge in [0.1, 0.15) is 9.85 Å². The van der Waals surface area contributed by atoms with E-state index in [-0.39, 0.29) is 0 Å². The number of hydrogen-bond acceptors (Lipinski definition) is 4. The maximum atomic E-state index is 12.2. The molecule has 0 saturated heterocycles. The third-order valence-corrected chi connectivity index (χ3v) is 1.18. The molecule has 0 aromatic rings. The zero-order valence-corrected chi connectivity index (χ0v) is 6.80. The Morgan fingerprint density at radius 2 is 1.00 bits per heavy atom. The van der Waals surface area contributed by atoms with Crippen LogP contribution < -0.4 is 0 Å². The summed E-state index contributed by atoms with van der Waals surface area (Å²) in [7, 11) is 0. The first-order valence-electron chi connectivity index (χ1n) is 3.06. The van der Waals surface area contributed by atoms with Crippen molar-refractivity contribution in [3.63, 3.8) is 0 Å². The van der Waals surface area contributed by atoms with Crippen molar-refractivity contribution in [2.45, 2.75) is 12.1 Å². The molecule has 0 aliphatic rings. The molecular weight excluding hydrogens is 254 g/mol. The number of rotatable bonds is 4. The fourth-order valence-corrected chi connectivity index (χ4v) is 0.424. The molecule has 0 fully saturated rings. The number of halogens is 6. The summed E-state index contributed by atoms with van der Waals surface area (Å²) in [4.78, 5) is 13.5. The van der Waals surface area contributed by atoms with Crippen LogP contribution in [0.3, 0.4) is 0 Å². The van der Waals surface area contributed by atoms with Crippen LogP contribution in [-0.4, -0.2) is 21.9 Å². The second kappa shape index (κ2) is 3.94. The van der Waals surface area contributed by atoms with Gasteiger partial charge >= 0.3 is 12.1 Å². The molecule has 12 heteroatoms. The van der Waals surface area contributed by atoms with Gasteiger partial charge in [-0.15, -0.1) is 17.6 Å². The van der Waals surface area contributed by atoms with Crippen LogP contribution in [0.2, 0.25) is 0 Å². The molecule has 0 aliphatic heterocycles. The van der Waals surface area contributed by atoms with Crippen LogP contribution in [0.1, 0.15) is 0 Å². The lowest BCUT2D eigenvalue weighted by atomic mass is 10.3. The molecule has 0 atom stereocenters. The first-order valence-corrected chi connectivity index (χ1v) is 3.06. The van der Waals surface area contributed by atoms with E-state index >= 15 is 0 Å². The van der Waals surface area contributed by atoms with Gasteiger partial charge in [0.25, 0.3) is 11.7 Å². The van der Waals surface area contributed by atoms with Crippen molar-refractivity contribution in [1.29, 1.82) is 0 Å². The quantitative estimate of drug-likeness (QED) is 0.331. The van der Waals surface area contributed by atoms with Crippen LogP contribution in [0.25, 0.3) is 0 Å². The molecule has 16 heavy (non-hydrogen) atoms. The van der Waals surface area contributed by atoms with Gasteiger partial charge < -0.3 is 0 Å². The summed E-state index contributed by atoms with van der Waals surface area (Å²) in [5, 5.41) is 18.9. The van der Waals surface area contributed by atoms with Gasteiger partial charge in [-0.25, -0.2) is 0 Å². The molecule has 0 radical (unpaired) electrons. The normalized spacial score (nSPS) is 14.4. The Labute approximate surface area is 81.4 Å². The minimum atomic E-state index is -5.80. The number of hydrogen-bond donors (Lipinski definition) is 0. The molecule has 0 spiro atoms. The lowest BCUT2D eigenvalue weighted by Crippen LogP contribution is -2.35. The van der Waals surface area contributed by atoms with E-state index in [1.165, 1.54) is 0 Å². The molecule has 0 heterocycles. The van der Waals surface area contributed by atoms with E-state index in [4.69, 9.17) is 0 Å². The third-order valence-electron chi connectivity index (χ3n) is 1.18. The summed E-state index contributed by atoms with van der Waals surface area (Å²) in [5.41, 5.74) is 0. The summed E-state index contributed by atoms with van der Waals surface area (Å²) in [6.45, 7) is 0. The van der Waals surface area contributed by atoms with Crippen LogP contribution in [0.4, 0.5) is 26.3 Å². The predicted octanol–water partition coefficient (Wildman–Crippen LogP) is 1.88. The second-order valence-corrected chi connectivity index (χ2v) is 2.22. The SMILES string of the molecule is O=[N+]([O-])C(F)(F)C(F)=C(F)C(F)(F)[N+](=O)[O-]. The van der Waals surface area contributed by atoms with Gasteiger partial charge in [0.15, 0.2) is 0 Å². The first-order chi connectivity index (χ1) is 6.95. The Hall–Kier alpha value is -1.88. The van der Waals surface area contributed by atoms with Gasteiger partial charge in [-0.3, -0.25) is 20.2 Å². The minimum absolute atomic E-state index is 2.71. The van der Waals surface area contributed by atoms with Crippen molar-refractivity contribution >= 4 is 0 Å². The molecule has 0 rings (SSSR count). The van der Waals surface area contributed by atoms with E-state index in [1.807, 2.05) is 0 Å². The molecule has 0 amide bonds. The number of nitrogens with zero attached hydrogens (tertiary/aromatic N) is 2. The molecular formula is C4F6N2O4. The highest BCUT2D eigenvalue weighted by Gasteiger charge is 2.61. The Morgan fingerprint density at radius 1 is 0.812 bits per heavy atom. The number of alkyl halides is 4. The maximum Gasteiger partial charge on any atom is 0.569 e. The molecule has 6 nitrogen and oxygen atoms in total. The van der Waals surface area contributed by atoms with Gasteiger partial charge in [-0.1, -0.05) is 0 Å². The second-order valence-electron chi connectivity index (χ2n) is 2.22. The van der Waals surface area contributed by atoms with E-state index in [9.17, 15) is 46.6 Å². The molecule has 0 saturated carbocycles. The maximum absolute atomic E-state index is 12.2. The first kappa shape index (κ1) is 14.1. The van der Waals surface area contributed by atoms with Gasteiger partial charge in [0, 0.05) is 0 Å². The molecule has 0 N–H and O–H groups in total. The van der Waals surface area contributed by atoms with Crippen LogP contribution in [0, 0.1) is 20.2 Å². The Balaban J connectivity index is 5.61. The summed E-state index contributed by atoms with van der Waals surface area (Å²) >= 11 is 0.